The number of rotatable bonds is 7. The van der Waals surface area contributed by atoms with Gasteiger partial charge in [0.2, 0.25) is 0 Å². The van der Waals surface area contributed by atoms with E-state index in [-0.39, 0.29) is 0 Å². The second-order valence-electron chi connectivity index (χ2n) is 6.25. The highest BCUT2D eigenvalue weighted by Crippen LogP contribution is 2.26. The van der Waals surface area contributed by atoms with E-state index in [1.807, 2.05) is 28.9 Å². The van der Waals surface area contributed by atoms with Crippen molar-refractivity contribution in [2.24, 2.45) is 7.05 Å². The third kappa shape index (κ3) is 4.14. The average Bonchev–Trinajstić information content (AvgIpc) is 3.19. The predicted octanol–water partition coefficient (Wildman–Crippen LogP) is 1.99. The van der Waals surface area contributed by atoms with Gasteiger partial charge in [0.05, 0.1) is 12.9 Å². The summed E-state index contributed by atoms with van der Waals surface area (Å²) >= 11 is 1.93. The van der Waals surface area contributed by atoms with Crippen molar-refractivity contribution in [3.63, 3.8) is 0 Å². The molecule has 2 aromatic rings. The van der Waals surface area contributed by atoms with E-state index in [1.165, 1.54) is 38.1 Å². The molecule has 23 heavy (non-hydrogen) atoms. The van der Waals surface area contributed by atoms with Crippen LogP contribution in [0.3, 0.4) is 0 Å². The number of aromatic nitrogens is 5. The van der Waals surface area contributed by atoms with E-state index < -0.39 is 0 Å². The van der Waals surface area contributed by atoms with Crippen molar-refractivity contribution < 1.29 is 0 Å². The summed E-state index contributed by atoms with van der Waals surface area (Å²) in [4.78, 5) is 6.68. The fourth-order valence-corrected chi connectivity index (χ4v) is 3.73. The van der Waals surface area contributed by atoms with Crippen LogP contribution in [0.1, 0.15) is 36.8 Å². The minimum absolute atomic E-state index is 0.507. The molecular formula is C16H26N6S. The summed E-state index contributed by atoms with van der Waals surface area (Å²) in [6, 6.07) is 0. The highest BCUT2D eigenvalue weighted by Gasteiger charge is 2.25. The molecule has 1 aliphatic heterocycles. The molecule has 3 rings (SSSR count). The Bertz CT molecular complexity index is 594. The van der Waals surface area contributed by atoms with Crippen LogP contribution in [0.25, 0.3) is 0 Å². The van der Waals surface area contributed by atoms with E-state index >= 15 is 0 Å². The second kappa shape index (κ2) is 7.97. The van der Waals surface area contributed by atoms with Gasteiger partial charge < -0.3 is 14.0 Å². The van der Waals surface area contributed by atoms with Crippen LogP contribution in [0.4, 0.5) is 0 Å². The van der Waals surface area contributed by atoms with Crippen LogP contribution in [-0.2, 0) is 13.6 Å². The van der Waals surface area contributed by atoms with Gasteiger partial charge in [-0.2, -0.15) is 11.8 Å². The number of nitrogens with zero attached hydrogens (tertiary/aromatic N) is 6. The Morgan fingerprint density at radius 2 is 2.26 bits per heavy atom. The van der Waals surface area contributed by atoms with Crippen LogP contribution >= 0.6 is 11.8 Å². The van der Waals surface area contributed by atoms with Crippen LogP contribution in [0.2, 0.25) is 0 Å². The Balaban J connectivity index is 1.63. The van der Waals surface area contributed by atoms with Gasteiger partial charge in [-0.1, -0.05) is 0 Å². The van der Waals surface area contributed by atoms with Gasteiger partial charge in [0, 0.05) is 31.9 Å². The van der Waals surface area contributed by atoms with Crippen LogP contribution in [0.5, 0.6) is 0 Å². The van der Waals surface area contributed by atoms with Crippen LogP contribution in [0, 0.1) is 0 Å². The first kappa shape index (κ1) is 16.5. The third-order valence-electron chi connectivity index (χ3n) is 4.58. The summed E-state index contributed by atoms with van der Waals surface area (Å²) in [5.41, 5.74) is 0. The first-order chi connectivity index (χ1) is 11.3. The standard InChI is InChI=1S/C16H26N6S/c1-20-15(12-22-9-6-17-13-22)18-19-16(20)14-5-3-7-21(11-14)8-4-10-23-2/h6,9,13-14H,3-5,7-8,10-12H2,1-2H3/t14-/m1/s1. The number of likely N-dealkylation sites (tertiary alicyclic amines) is 1. The Kier molecular flexibility index (Phi) is 5.72. The Labute approximate surface area is 142 Å². The fourth-order valence-electron chi connectivity index (χ4n) is 3.31. The van der Waals surface area contributed by atoms with Gasteiger partial charge in [-0.05, 0) is 44.4 Å². The maximum atomic E-state index is 4.50. The minimum atomic E-state index is 0.507. The van der Waals surface area contributed by atoms with Crippen molar-refractivity contribution in [3.05, 3.63) is 30.4 Å². The summed E-state index contributed by atoms with van der Waals surface area (Å²) in [7, 11) is 2.09. The lowest BCUT2D eigenvalue weighted by Gasteiger charge is -2.32. The highest BCUT2D eigenvalue weighted by molar-refractivity contribution is 7.98. The predicted molar refractivity (Wildman–Crippen MR) is 93.7 cm³/mol. The molecule has 1 atom stereocenters. The minimum Gasteiger partial charge on any atom is -0.330 e. The first-order valence-electron chi connectivity index (χ1n) is 8.33. The number of hydrogen-bond donors (Lipinski definition) is 0. The maximum Gasteiger partial charge on any atom is 0.152 e. The largest absolute Gasteiger partial charge is 0.330 e. The molecule has 0 spiro atoms. The Morgan fingerprint density at radius 3 is 3.04 bits per heavy atom. The first-order valence-corrected chi connectivity index (χ1v) is 9.72. The maximum absolute atomic E-state index is 4.50. The molecule has 7 heteroatoms. The van der Waals surface area contributed by atoms with E-state index in [0.29, 0.717) is 5.92 Å². The molecule has 0 amide bonds. The smallest absolute Gasteiger partial charge is 0.152 e. The zero-order chi connectivity index (χ0) is 16.1. The van der Waals surface area contributed by atoms with Gasteiger partial charge in [0.1, 0.15) is 5.82 Å². The van der Waals surface area contributed by atoms with Crippen molar-refractivity contribution in [2.75, 3.05) is 31.6 Å². The van der Waals surface area contributed by atoms with E-state index in [0.717, 1.165) is 24.7 Å². The van der Waals surface area contributed by atoms with Crippen LogP contribution in [-0.4, -0.2) is 60.9 Å². The van der Waals surface area contributed by atoms with Gasteiger partial charge in [-0.15, -0.1) is 10.2 Å². The van der Waals surface area contributed by atoms with Crippen LogP contribution < -0.4 is 0 Å². The molecule has 0 saturated carbocycles. The molecule has 0 bridgehead atoms. The van der Waals surface area contributed by atoms with Gasteiger partial charge >= 0.3 is 0 Å². The summed E-state index contributed by atoms with van der Waals surface area (Å²) in [6.45, 7) is 4.28. The van der Waals surface area contributed by atoms with Gasteiger partial charge in [0.15, 0.2) is 5.82 Å². The molecule has 0 aliphatic carbocycles. The third-order valence-corrected chi connectivity index (χ3v) is 5.27. The summed E-state index contributed by atoms with van der Waals surface area (Å²) in [5, 5.41) is 8.91. The van der Waals surface area contributed by atoms with Gasteiger partial charge in [0.25, 0.3) is 0 Å². The summed E-state index contributed by atoms with van der Waals surface area (Å²) < 4.78 is 4.21. The molecule has 1 aliphatic rings. The SMILES string of the molecule is CSCCCN1CCC[C@@H](c2nnc(Cn3ccnc3)n2C)C1. The van der Waals surface area contributed by atoms with Crippen molar-refractivity contribution in [1.29, 1.82) is 0 Å². The van der Waals surface area contributed by atoms with Gasteiger partial charge in [-0.3, -0.25) is 0 Å². The average molecular weight is 334 g/mol. The van der Waals surface area contributed by atoms with E-state index in [4.69, 9.17) is 0 Å². The number of hydrogen-bond acceptors (Lipinski definition) is 5. The molecule has 0 radical (unpaired) electrons. The Hall–Kier alpha value is -1.34. The Morgan fingerprint density at radius 1 is 1.35 bits per heavy atom. The molecule has 126 valence electrons. The number of piperidine rings is 1. The summed E-state index contributed by atoms with van der Waals surface area (Å²) in [6.07, 6.45) is 11.5. The molecule has 1 fully saturated rings. The monoisotopic (exact) mass is 334 g/mol. The van der Waals surface area contributed by atoms with E-state index in [2.05, 4.69) is 38.0 Å². The fraction of sp³-hybridized carbons (Fsp3) is 0.688. The lowest BCUT2D eigenvalue weighted by Crippen LogP contribution is -2.36. The zero-order valence-corrected chi connectivity index (χ0v) is 14.9. The lowest BCUT2D eigenvalue weighted by atomic mass is 9.97. The van der Waals surface area contributed by atoms with Crippen molar-refractivity contribution in [2.45, 2.75) is 31.7 Å². The molecule has 2 aromatic heterocycles. The molecule has 1 saturated heterocycles. The van der Waals surface area contributed by atoms with Gasteiger partial charge in [-0.25, -0.2) is 4.98 Å². The molecule has 6 nitrogen and oxygen atoms in total. The van der Waals surface area contributed by atoms with Crippen LogP contribution in [0.15, 0.2) is 18.7 Å². The van der Waals surface area contributed by atoms with Crippen molar-refractivity contribution >= 4 is 11.8 Å². The molecule has 0 aromatic carbocycles. The number of imidazole rings is 1. The second-order valence-corrected chi connectivity index (χ2v) is 7.24. The van der Waals surface area contributed by atoms with E-state index in [9.17, 15) is 0 Å². The lowest BCUT2D eigenvalue weighted by molar-refractivity contribution is 0.203. The molecular weight excluding hydrogens is 308 g/mol. The van der Waals surface area contributed by atoms with Crippen molar-refractivity contribution in [3.8, 4) is 0 Å². The number of thioether (sulfide) groups is 1. The molecule has 0 N–H and O–H groups in total. The summed E-state index contributed by atoms with van der Waals surface area (Å²) in [5.74, 6) is 3.89. The molecule has 3 heterocycles. The quantitative estimate of drug-likeness (QED) is 0.725. The highest BCUT2D eigenvalue weighted by atomic mass is 32.2. The zero-order valence-electron chi connectivity index (χ0n) is 14.1. The topological polar surface area (TPSA) is 51.8 Å². The normalized spacial score (nSPS) is 19.3. The molecule has 0 unspecified atom stereocenters. The van der Waals surface area contributed by atoms with Crippen molar-refractivity contribution in [1.82, 2.24) is 29.2 Å². The van der Waals surface area contributed by atoms with E-state index in [1.54, 1.807) is 6.20 Å².